The zero-order valence-electron chi connectivity index (χ0n) is 9.05. The first kappa shape index (κ1) is 10.2. The van der Waals surface area contributed by atoms with E-state index in [-0.39, 0.29) is 5.82 Å². The molecule has 2 rings (SSSR count). The standard InChI is InChI=1S/C12H15FN2/c1-8-3-4-10(13)12-11(8)9(5-6-14)7-15(12)2/h3-4,7H,5-6,14H2,1-2H3. The lowest BCUT2D eigenvalue weighted by atomic mass is 10.1. The number of hydrogen-bond acceptors (Lipinski definition) is 1. The molecule has 80 valence electrons. The monoisotopic (exact) mass is 206 g/mol. The summed E-state index contributed by atoms with van der Waals surface area (Å²) in [6, 6.07) is 3.33. The molecule has 0 saturated carbocycles. The highest BCUT2D eigenvalue weighted by molar-refractivity contribution is 5.87. The van der Waals surface area contributed by atoms with Crippen molar-refractivity contribution in [1.82, 2.24) is 4.57 Å². The highest BCUT2D eigenvalue weighted by Crippen LogP contribution is 2.26. The van der Waals surface area contributed by atoms with Gasteiger partial charge in [-0.3, -0.25) is 0 Å². The summed E-state index contributed by atoms with van der Waals surface area (Å²) in [5, 5.41) is 1.02. The average molecular weight is 206 g/mol. The Labute approximate surface area is 88.5 Å². The number of aryl methyl sites for hydroxylation is 2. The molecule has 0 fully saturated rings. The van der Waals surface area contributed by atoms with Crippen LogP contribution in [0.1, 0.15) is 11.1 Å². The van der Waals surface area contributed by atoms with Crippen molar-refractivity contribution in [3.05, 3.63) is 35.3 Å². The van der Waals surface area contributed by atoms with Crippen LogP contribution in [0.15, 0.2) is 18.3 Å². The summed E-state index contributed by atoms with van der Waals surface area (Å²) in [6.07, 6.45) is 2.76. The maximum atomic E-state index is 13.6. The summed E-state index contributed by atoms with van der Waals surface area (Å²) in [4.78, 5) is 0. The Morgan fingerprint density at radius 3 is 2.80 bits per heavy atom. The molecule has 2 N–H and O–H groups in total. The molecule has 0 radical (unpaired) electrons. The minimum absolute atomic E-state index is 0.165. The van der Waals surface area contributed by atoms with Gasteiger partial charge >= 0.3 is 0 Å². The van der Waals surface area contributed by atoms with Crippen LogP contribution in [-0.4, -0.2) is 11.1 Å². The topological polar surface area (TPSA) is 30.9 Å². The third kappa shape index (κ3) is 1.53. The third-order valence-electron chi connectivity index (χ3n) is 2.77. The van der Waals surface area contributed by atoms with Crippen LogP contribution in [-0.2, 0) is 13.5 Å². The normalized spacial score (nSPS) is 11.2. The maximum Gasteiger partial charge on any atom is 0.147 e. The molecule has 0 saturated heterocycles. The van der Waals surface area contributed by atoms with E-state index in [1.54, 1.807) is 0 Å². The number of rotatable bonds is 2. The quantitative estimate of drug-likeness (QED) is 0.801. The third-order valence-corrected chi connectivity index (χ3v) is 2.77. The number of halogens is 1. The second-order valence-electron chi connectivity index (χ2n) is 3.89. The Hall–Kier alpha value is -1.35. The lowest BCUT2D eigenvalue weighted by Gasteiger charge is -2.02. The molecule has 1 aromatic heterocycles. The number of hydrogen-bond donors (Lipinski definition) is 1. The molecule has 0 unspecified atom stereocenters. The minimum atomic E-state index is -0.165. The van der Waals surface area contributed by atoms with Crippen molar-refractivity contribution in [2.75, 3.05) is 6.54 Å². The Balaban J connectivity index is 2.80. The number of fused-ring (bicyclic) bond motifs is 1. The molecule has 0 bridgehead atoms. The van der Waals surface area contributed by atoms with Crippen molar-refractivity contribution in [2.45, 2.75) is 13.3 Å². The SMILES string of the molecule is Cc1ccc(F)c2c1c(CCN)cn2C. The molecular formula is C12H15FN2. The minimum Gasteiger partial charge on any atom is -0.348 e. The zero-order valence-corrected chi connectivity index (χ0v) is 9.05. The number of nitrogens with zero attached hydrogens (tertiary/aromatic N) is 1. The van der Waals surface area contributed by atoms with Gasteiger partial charge in [-0.25, -0.2) is 4.39 Å². The molecule has 0 aliphatic heterocycles. The molecular weight excluding hydrogens is 191 g/mol. The summed E-state index contributed by atoms with van der Waals surface area (Å²) in [6.45, 7) is 2.59. The number of nitrogens with two attached hydrogens (primary N) is 1. The van der Waals surface area contributed by atoms with Gasteiger partial charge in [-0.2, -0.15) is 0 Å². The van der Waals surface area contributed by atoms with Crippen LogP contribution < -0.4 is 5.73 Å². The van der Waals surface area contributed by atoms with E-state index in [1.165, 1.54) is 6.07 Å². The van der Waals surface area contributed by atoms with Gasteiger partial charge in [0.2, 0.25) is 0 Å². The molecule has 1 heterocycles. The summed E-state index contributed by atoms with van der Waals surface area (Å²) in [5.74, 6) is -0.165. The Kier molecular flexibility index (Phi) is 2.49. The predicted octanol–water partition coefficient (Wildman–Crippen LogP) is 2.13. The Morgan fingerprint density at radius 1 is 1.40 bits per heavy atom. The van der Waals surface area contributed by atoms with Crippen LogP contribution in [0.3, 0.4) is 0 Å². The fraction of sp³-hybridized carbons (Fsp3) is 0.333. The second kappa shape index (κ2) is 3.66. The van der Waals surface area contributed by atoms with Crippen LogP contribution >= 0.6 is 0 Å². The first-order valence-corrected chi connectivity index (χ1v) is 5.08. The number of benzene rings is 1. The van der Waals surface area contributed by atoms with E-state index in [2.05, 4.69) is 0 Å². The fourth-order valence-corrected chi connectivity index (χ4v) is 2.12. The van der Waals surface area contributed by atoms with E-state index in [1.807, 2.05) is 30.8 Å². The van der Waals surface area contributed by atoms with Gasteiger partial charge in [0.15, 0.2) is 0 Å². The van der Waals surface area contributed by atoms with Gasteiger partial charge < -0.3 is 10.3 Å². The van der Waals surface area contributed by atoms with Gasteiger partial charge in [-0.15, -0.1) is 0 Å². The second-order valence-corrected chi connectivity index (χ2v) is 3.89. The Morgan fingerprint density at radius 2 is 2.13 bits per heavy atom. The summed E-state index contributed by atoms with van der Waals surface area (Å²) in [7, 11) is 1.87. The van der Waals surface area contributed by atoms with Gasteiger partial charge in [-0.1, -0.05) is 6.07 Å². The Bertz CT molecular complexity index is 500. The van der Waals surface area contributed by atoms with E-state index in [9.17, 15) is 4.39 Å². The largest absolute Gasteiger partial charge is 0.348 e. The lowest BCUT2D eigenvalue weighted by molar-refractivity contribution is 0.631. The van der Waals surface area contributed by atoms with Gasteiger partial charge in [0.1, 0.15) is 5.82 Å². The highest BCUT2D eigenvalue weighted by atomic mass is 19.1. The summed E-state index contributed by atoms with van der Waals surface area (Å²) >= 11 is 0. The average Bonchev–Trinajstić information content (AvgIpc) is 2.51. The van der Waals surface area contributed by atoms with Gasteiger partial charge in [0.05, 0.1) is 5.52 Å². The van der Waals surface area contributed by atoms with E-state index in [4.69, 9.17) is 5.73 Å². The van der Waals surface area contributed by atoms with Gasteiger partial charge in [0, 0.05) is 18.6 Å². The van der Waals surface area contributed by atoms with Crippen LogP contribution in [0.2, 0.25) is 0 Å². The van der Waals surface area contributed by atoms with Gasteiger partial charge in [0.25, 0.3) is 0 Å². The van der Waals surface area contributed by atoms with E-state index < -0.39 is 0 Å². The highest BCUT2D eigenvalue weighted by Gasteiger charge is 2.11. The molecule has 3 heteroatoms. The molecule has 15 heavy (non-hydrogen) atoms. The molecule has 0 aliphatic carbocycles. The van der Waals surface area contributed by atoms with Crippen LogP contribution in [0.5, 0.6) is 0 Å². The summed E-state index contributed by atoms with van der Waals surface area (Å²) in [5.41, 5.74) is 8.46. The van der Waals surface area contributed by atoms with Crippen molar-refractivity contribution in [2.24, 2.45) is 12.8 Å². The van der Waals surface area contributed by atoms with E-state index >= 15 is 0 Å². The first-order chi connectivity index (χ1) is 7.15. The van der Waals surface area contributed by atoms with Crippen LogP contribution in [0.25, 0.3) is 10.9 Å². The molecule has 2 nitrogen and oxygen atoms in total. The smallest absolute Gasteiger partial charge is 0.147 e. The van der Waals surface area contributed by atoms with Crippen molar-refractivity contribution >= 4 is 10.9 Å². The summed E-state index contributed by atoms with van der Waals surface area (Å²) < 4.78 is 15.5. The molecule has 0 spiro atoms. The molecule has 0 amide bonds. The van der Waals surface area contributed by atoms with Crippen molar-refractivity contribution < 1.29 is 4.39 Å². The molecule has 0 aliphatic rings. The van der Waals surface area contributed by atoms with E-state index in [0.29, 0.717) is 12.1 Å². The van der Waals surface area contributed by atoms with Crippen LogP contribution in [0.4, 0.5) is 4.39 Å². The number of aromatic nitrogens is 1. The van der Waals surface area contributed by atoms with E-state index in [0.717, 1.165) is 22.9 Å². The van der Waals surface area contributed by atoms with Crippen LogP contribution in [0, 0.1) is 12.7 Å². The molecule has 0 atom stereocenters. The van der Waals surface area contributed by atoms with Crippen molar-refractivity contribution in [1.29, 1.82) is 0 Å². The lowest BCUT2D eigenvalue weighted by Crippen LogP contribution is -2.02. The fourth-order valence-electron chi connectivity index (χ4n) is 2.12. The molecule has 2 aromatic rings. The maximum absolute atomic E-state index is 13.6. The first-order valence-electron chi connectivity index (χ1n) is 5.08. The molecule has 1 aromatic carbocycles. The van der Waals surface area contributed by atoms with Crippen molar-refractivity contribution in [3.63, 3.8) is 0 Å². The van der Waals surface area contributed by atoms with Gasteiger partial charge in [-0.05, 0) is 37.1 Å². The predicted molar refractivity (Wildman–Crippen MR) is 60.4 cm³/mol. The zero-order chi connectivity index (χ0) is 11.0. The van der Waals surface area contributed by atoms with Crippen molar-refractivity contribution in [3.8, 4) is 0 Å².